The summed E-state index contributed by atoms with van der Waals surface area (Å²) in [6.45, 7) is 1.83. The molecule has 0 aliphatic carbocycles. The zero-order valence-electron chi connectivity index (χ0n) is 14.3. The number of fused-ring (bicyclic) bond motifs is 1. The fourth-order valence-corrected chi connectivity index (χ4v) is 3.05. The van der Waals surface area contributed by atoms with Gasteiger partial charge in [0.2, 0.25) is 0 Å². The van der Waals surface area contributed by atoms with Crippen molar-refractivity contribution in [2.45, 2.75) is 6.92 Å². The fraction of sp³-hybridized carbons (Fsp3) is 0.0526. The molecule has 7 nitrogen and oxygen atoms in total. The van der Waals surface area contributed by atoms with E-state index in [1.54, 1.807) is 30.5 Å². The number of nitrogens with two attached hydrogens (primary N) is 1. The Morgan fingerprint density at radius 1 is 1.07 bits per heavy atom. The predicted molar refractivity (Wildman–Crippen MR) is 99.6 cm³/mol. The Balaban J connectivity index is 1.86. The van der Waals surface area contributed by atoms with Crippen molar-refractivity contribution >= 4 is 17.2 Å². The normalized spacial score (nSPS) is 11.0. The Morgan fingerprint density at radius 2 is 1.70 bits per heavy atom. The number of non-ortho nitro benzene ring substituents is 1. The molecule has 2 aromatic heterocycles. The highest BCUT2D eigenvalue weighted by Crippen LogP contribution is 2.32. The van der Waals surface area contributed by atoms with E-state index in [-0.39, 0.29) is 11.5 Å². The highest BCUT2D eigenvalue weighted by atomic mass is 19.1. The number of hydrogen-bond donors (Lipinski definition) is 1. The van der Waals surface area contributed by atoms with Crippen molar-refractivity contribution in [2.24, 2.45) is 0 Å². The number of nitrogen functional groups attached to an aromatic ring is 1. The van der Waals surface area contributed by atoms with Crippen molar-refractivity contribution < 1.29 is 9.31 Å². The third-order valence-corrected chi connectivity index (χ3v) is 4.38. The molecule has 0 amide bonds. The van der Waals surface area contributed by atoms with Crippen LogP contribution in [0.2, 0.25) is 0 Å². The molecule has 4 rings (SSSR count). The van der Waals surface area contributed by atoms with Crippen LogP contribution < -0.4 is 5.73 Å². The van der Waals surface area contributed by atoms with Gasteiger partial charge in [-0.25, -0.2) is 9.37 Å². The number of anilines is 1. The van der Waals surface area contributed by atoms with Crippen LogP contribution in [0, 0.1) is 22.9 Å². The second kappa shape index (κ2) is 6.17. The second-order valence-corrected chi connectivity index (χ2v) is 6.06. The number of rotatable bonds is 3. The van der Waals surface area contributed by atoms with Crippen LogP contribution in [-0.2, 0) is 0 Å². The van der Waals surface area contributed by atoms with Crippen LogP contribution >= 0.6 is 0 Å². The molecule has 0 atom stereocenters. The van der Waals surface area contributed by atoms with Crippen molar-refractivity contribution in [3.05, 3.63) is 76.4 Å². The molecule has 0 fully saturated rings. The van der Waals surface area contributed by atoms with Gasteiger partial charge >= 0.3 is 0 Å². The number of hydrogen-bond acceptors (Lipinski definition) is 5. The summed E-state index contributed by atoms with van der Waals surface area (Å²) in [4.78, 5) is 14.8. The molecule has 27 heavy (non-hydrogen) atoms. The van der Waals surface area contributed by atoms with Crippen molar-refractivity contribution in [3.8, 4) is 22.3 Å². The number of benzene rings is 2. The molecule has 2 aromatic carbocycles. The van der Waals surface area contributed by atoms with Gasteiger partial charge in [-0.2, -0.15) is 9.61 Å². The number of nitro groups is 1. The van der Waals surface area contributed by atoms with Crippen LogP contribution in [0.1, 0.15) is 5.69 Å². The average Bonchev–Trinajstić information content (AvgIpc) is 3.00. The minimum Gasteiger partial charge on any atom is -0.383 e. The van der Waals surface area contributed by atoms with Crippen molar-refractivity contribution in [1.82, 2.24) is 14.6 Å². The number of nitrogens with zero attached hydrogens (tertiary/aromatic N) is 4. The van der Waals surface area contributed by atoms with Gasteiger partial charge in [-0.1, -0.05) is 12.1 Å². The number of aromatic nitrogens is 3. The highest BCUT2D eigenvalue weighted by Gasteiger charge is 2.17. The van der Waals surface area contributed by atoms with E-state index in [1.165, 1.54) is 28.8 Å². The molecule has 134 valence electrons. The van der Waals surface area contributed by atoms with Crippen LogP contribution in [-0.4, -0.2) is 19.5 Å². The predicted octanol–water partition coefficient (Wildman–Crippen LogP) is 4.00. The average molecular weight is 363 g/mol. The Labute approximate surface area is 153 Å². The van der Waals surface area contributed by atoms with Gasteiger partial charge in [0.25, 0.3) is 5.69 Å². The maximum Gasteiger partial charge on any atom is 0.269 e. The van der Waals surface area contributed by atoms with Crippen molar-refractivity contribution in [2.75, 3.05) is 5.73 Å². The topological polar surface area (TPSA) is 99.3 Å². The SMILES string of the molecule is Cc1nn2c(N)c(-c3ccc([N+](=O)[O-])cc3)cnc2c1-c1ccc(F)cc1. The monoisotopic (exact) mass is 363 g/mol. The molecule has 2 heterocycles. The van der Waals surface area contributed by atoms with E-state index in [9.17, 15) is 14.5 Å². The van der Waals surface area contributed by atoms with E-state index in [0.29, 0.717) is 28.3 Å². The van der Waals surface area contributed by atoms with Gasteiger partial charge in [-0.05, 0) is 42.3 Å². The first kappa shape index (κ1) is 16.6. The Kier molecular flexibility index (Phi) is 3.80. The van der Waals surface area contributed by atoms with Crippen molar-refractivity contribution in [3.63, 3.8) is 0 Å². The van der Waals surface area contributed by atoms with Crippen LogP contribution in [0.5, 0.6) is 0 Å². The minimum atomic E-state index is -0.458. The quantitative estimate of drug-likeness (QED) is 0.438. The Morgan fingerprint density at radius 3 is 2.33 bits per heavy atom. The lowest BCUT2D eigenvalue weighted by atomic mass is 10.1. The summed E-state index contributed by atoms with van der Waals surface area (Å²) in [5, 5.41) is 15.3. The van der Waals surface area contributed by atoms with E-state index >= 15 is 0 Å². The lowest BCUT2D eigenvalue weighted by Gasteiger charge is -2.08. The van der Waals surface area contributed by atoms with Crippen LogP contribution in [0.4, 0.5) is 15.9 Å². The zero-order valence-corrected chi connectivity index (χ0v) is 14.3. The maximum absolute atomic E-state index is 13.2. The molecule has 4 aromatic rings. The van der Waals surface area contributed by atoms with E-state index in [1.807, 2.05) is 6.92 Å². The van der Waals surface area contributed by atoms with Crippen LogP contribution in [0.15, 0.2) is 54.7 Å². The zero-order chi connectivity index (χ0) is 19.1. The molecule has 0 saturated heterocycles. The molecular weight excluding hydrogens is 349 g/mol. The Bertz CT molecular complexity index is 1170. The largest absolute Gasteiger partial charge is 0.383 e. The third kappa shape index (κ3) is 2.77. The van der Waals surface area contributed by atoms with Gasteiger partial charge in [0.1, 0.15) is 11.6 Å². The lowest BCUT2D eigenvalue weighted by molar-refractivity contribution is -0.384. The van der Waals surface area contributed by atoms with E-state index in [2.05, 4.69) is 10.1 Å². The summed E-state index contributed by atoms with van der Waals surface area (Å²) < 4.78 is 14.8. The van der Waals surface area contributed by atoms with Gasteiger partial charge in [0, 0.05) is 29.5 Å². The highest BCUT2D eigenvalue weighted by molar-refractivity contribution is 5.83. The van der Waals surface area contributed by atoms with E-state index < -0.39 is 4.92 Å². The van der Waals surface area contributed by atoms with Gasteiger partial charge in [0.15, 0.2) is 5.65 Å². The molecule has 0 saturated carbocycles. The molecular formula is C19H14FN5O2. The molecule has 0 radical (unpaired) electrons. The molecule has 0 aliphatic rings. The number of nitro benzene ring substituents is 1. The molecule has 0 aliphatic heterocycles. The number of aryl methyl sites for hydroxylation is 1. The first-order valence-corrected chi connectivity index (χ1v) is 8.10. The smallest absolute Gasteiger partial charge is 0.269 e. The maximum atomic E-state index is 13.2. The molecule has 0 bridgehead atoms. The summed E-state index contributed by atoms with van der Waals surface area (Å²) in [6, 6.07) is 12.2. The molecule has 0 spiro atoms. The summed E-state index contributed by atoms with van der Waals surface area (Å²) >= 11 is 0. The summed E-state index contributed by atoms with van der Waals surface area (Å²) in [6.07, 6.45) is 1.61. The van der Waals surface area contributed by atoms with Gasteiger partial charge in [-0.15, -0.1) is 0 Å². The lowest BCUT2D eigenvalue weighted by Crippen LogP contribution is -2.03. The minimum absolute atomic E-state index is 0.000103. The van der Waals surface area contributed by atoms with Crippen LogP contribution in [0.3, 0.4) is 0 Å². The number of halogens is 1. The summed E-state index contributed by atoms with van der Waals surface area (Å²) in [5.74, 6) is 0.0473. The molecule has 8 heteroatoms. The Hall–Kier alpha value is -3.81. The molecule has 2 N–H and O–H groups in total. The van der Waals surface area contributed by atoms with Gasteiger partial charge < -0.3 is 5.73 Å². The standard InChI is InChI=1S/C19H14FN5O2/c1-11-17(13-2-6-14(20)7-3-13)19-22-10-16(18(21)24(19)23-11)12-4-8-15(9-5-12)25(26)27/h2-10H,21H2,1H3. The van der Waals surface area contributed by atoms with Gasteiger partial charge in [-0.3, -0.25) is 10.1 Å². The van der Waals surface area contributed by atoms with Crippen LogP contribution in [0.25, 0.3) is 27.9 Å². The van der Waals surface area contributed by atoms with E-state index in [0.717, 1.165) is 11.1 Å². The first-order chi connectivity index (χ1) is 13.0. The van der Waals surface area contributed by atoms with Gasteiger partial charge in [0.05, 0.1) is 10.6 Å². The van der Waals surface area contributed by atoms with E-state index in [4.69, 9.17) is 5.73 Å². The summed E-state index contributed by atoms with van der Waals surface area (Å²) in [7, 11) is 0. The molecule has 0 unspecified atom stereocenters. The van der Waals surface area contributed by atoms with Crippen molar-refractivity contribution in [1.29, 1.82) is 0 Å². The summed E-state index contributed by atoms with van der Waals surface area (Å²) in [5.41, 5.74) is 10.4. The first-order valence-electron chi connectivity index (χ1n) is 8.10. The third-order valence-electron chi connectivity index (χ3n) is 4.38. The fourth-order valence-electron chi connectivity index (χ4n) is 3.05. The second-order valence-electron chi connectivity index (χ2n) is 6.06.